The highest BCUT2D eigenvalue weighted by Crippen LogP contribution is 2.22. The molecule has 1 rings (SSSR count). The standard InChI is InChI=1S/C14H22N2O2/c1-5-11(15)9-6-7-10(12(16)8-9)13(17)18-14(2,3)4/h6-8,11H,5,15-16H2,1-4H3. The van der Waals surface area contributed by atoms with Gasteiger partial charge in [-0.2, -0.15) is 0 Å². The van der Waals surface area contributed by atoms with Crippen molar-refractivity contribution in [2.75, 3.05) is 5.73 Å². The molecule has 0 heterocycles. The average Bonchev–Trinajstić information content (AvgIpc) is 2.25. The smallest absolute Gasteiger partial charge is 0.340 e. The summed E-state index contributed by atoms with van der Waals surface area (Å²) in [7, 11) is 0. The first-order valence-electron chi connectivity index (χ1n) is 6.13. The molecule has 1 unspecified atom stereocenters. The molecule has 0 aliphatic heterocycles. The zero-order valence-corrected chi connectivity index (χ0v) is 11.5. The van der Waals surface area contributed by atoms with E-state index in [1.54, 1.807) is 12.1 Å². The molecule has 0 bridgehead atoms. The van der Waals surface area contributed by atoms with Crippen LogP contribution in [0.2, 0.25) is 0 Å². The van der Waals surface area contributed by atoms with Gasteiger partial charge >= 0.3 is 5.97 Å². The molecule has 100 valence electrons. The number of hydrogen-bond donors (Lipinski definition) is 2. The lowest BCUT2D eigenvalue weighted by Crippen LogP contribution is -2.24. The molecule has 0 spiro atoms. The van der Waals surface area contributed by atoms with E-state index in [9.17, 15) is 4.79 Å². The molecule has 4 N–H and O–H groups in total. The van der Waals surface area contributed by atoms with Gasteiger partial charge in [0.15, 0.2) is 0 Å². The van der Waals surface area contributed by atoms with Gasteiger partial charge in [-0.05, 0) is 44.9 Å². The largest absolute Gasteiger partial charge is 0.456 e. The van der Waals surface area contributed by atoms with Gasteiger partial charge in [-0.25, -0.2) is 4.79 Å². The second kappa shape index (κ2) is 5.40. The van der Waals surface area contributed by atoms with Crippen molar-refractivity contribution in [1.82, 2.24) is 0 Å². The van der Waals surface area contributed by atoms with Gasteiger partial charge in [0.05, 0.1) is 5.56 Å². The maximum absolute atomic E-state index is 11.9. The number of esters is 1. The van der Waals surface area contributed by atoms with Crippen molar-refractivity contribution in [3.63, 3.8) is 0 Å². The van der Waals surface area contributed by atoms with Gasteiger partial charge in [0, 0.05) is 11.7 Å². The number of ether oxygens (including phenoxy) is 1. The molecule has 0 saturated heterocycles. The number of nitrogens with two attached hydrogens (primary N) is 2. The second-order valence-corrected chi connectivity index (χ2v) is 5.36. The number of benzene rings is 1. The predicted octanol–water partition coefficient (Wildman–Crippen LogP) is 2.63. The molecule has 0 radical (unpaired) electrons. The van der Waals surface area contributed by atoms with Crippen LogP contribution in [0.1, 0.15) is 56.1 Å². The lowest BCUT2D eigenvalue weighted by atomic mass is 10.0. The zero-order valence-electron chi connectivity index (χ0n) is 11.5. The lowest BCUT2D eigenvalue weighted by Gasteiger charge is -2.20. The van der Waals surface area contributed by atoms with Crippen molar-refractivity contribution >= 4 is 11.7 Å². The summed E-state index contributed by atoms with van der Waals surface area (Å²) >= 11 is 0. The third-order valence-corrected chi connectivity index (χ3v) is 2.56. The average molecular weight is 250 g/mol. The van der Waals surface area contributed by atoms with Gasteiger partial charge < -0.3 is 16.2 Å². The molecule has 18 heavy (non-hydrogen) atoms. The SMILES string of the molecule is CCC(N)c1ccc(C(=O)OC(C)(C)C)c(N)c1. The summed E-state index contributed by atoms with van der Waals surface area (Å²) in [4.78, 5) is 11.9. The minimum atomic E-state index is -0.526. The molecular weight excluding hydrogens is 228 g/mol. The van der Waals surface area contributed by atoms with E-state index in [0.29, 0.717) is 11.3 Å². The molecule has 1 aromatic rings. The van der Waals surface area contributed by atoms with Crippen LogP contribution in [0.4, 0.5) is 5.69 Å². The summed E-state index contributed by atoms with van der Waals surface area (Å²) in [5, 5.41) is 0. The van der Waals surface area contributed by atoms with Crippen molar-refractivity contribution in [2.24, 2.45) is 5.73 Å². The van der Waals surface area contributed by atoms with Crippen LogP contribution in [0.3, 0.4) is 0 Å². The van der Waals surface area contributed by atoms with E-state index in [4.69, 9.17) is 16.2 Å². The van der Waals surface area contributed by atoms with Gasteiger partial charge in [-0.15, -0.1) is 0 Å². The summed E-state index contributed by atoms with van der Waals surface area (Å²) in [6.07, 6.45) is 0.825. The summed E-state index contributed by atoms with van der Waals surface area (Å²) in [5.41, 5.74) is 13.0. The monoisotopic (exact) mass is 250 g/mol. The lowest BCUT2D eigenvalue weighted by molar-refractivity contribution is 0.00708. The number of carbonyl (C=O) groups excluding carboxylic acids is 1. The molecule has 0 fully saturated rings. The van der Waals surface area contributed by atoms with Gasteiger partial charge in [-0.3, -0.25) is 0 Å². The highest BCUT2D eigenvalue weighted by Gasteiger charge is 2.20. The molecule has 0 aliphatic carbocycles. The van der Waals surface area contributed by atoms with E-state index in [0.717, 1.165) is 12.0 Å². The zero-order chi connectivity index (χ0) is 13.9. The number of hydrogen-bond acceptors (Lipinski definition) is 4. The molecule has 4 nitrogen and oxygen atoms in total. The van der Waals surface area contributed by atoms with Gasteiger partial charge in [-0.1, -0.05) is 13.0 Å². The summed E-state index contributed by atoms with van der Waals surface area (Å²) < 4.78 is 5.28. The van der Waals surface area contributed by atoms with Crippen LogP contribution < -0.4 is 11.5 Å². The number of nitrogen functional groups attached to an aromatic ring is 1. The fourth-order valence-electron chi connectivity index (χ4n) is 1.57. The highest BCUT2D eigenvalue weighted by atomic mass is 16.6. The second-order valence-electron chi connectivity index (χ2n) is 5.36. The van der Waals surface area contributed by atoms with E-state index >= 15 is 0 Å². The first-order valence-corrected chi connectivity index (χ1v) is 6.13. The number of carbonyl (C=O) groups is 1. The number of anilines is 1. The normalized spacial score (nSPS) is 13.2. The fraction of sp³-hybridized carbons (Fsp3) is 0.500. The van der Waals surface area contributed by atoms with E-state index in [2.05, 4.69) is 0 Å². The Morgan fingerprint density at radius 3 is 2.44 bits per heavy atom. The van der Waals surface area contributed by atoms with E-state index in [1.807, 2.05) is 33.8 Å². The van der Waals surface area contributed by atoms with E-state index < -0.39 is 11.6 Å². The van der Waals surface area contributed by atoms with Gasteiger partial charge in [0.1, 0.15) is 5.60 Å². The first-order chi connectivity index (χ1) is 8.24. The Morgan fingerprint density at radius 2 is 2.00 bits per heavy atom. The van der Waals surface area contributed by atoms with Crippen molar-refractivity contribution in [1.29, 1.82) is 0 Å². The van der Waals surface area contributed by atoms with Crippen molar-refractivity contribution < 1.29 is 9.53 Å². The van der Waals surface area contributed by atoms with Crippen LogP contribution >= 0.6 is 0 Å². The van der Waals surface area contributed by atoms with Crippen LogP contribution in [0.15, 0.2) is 18.2 Å². The van der Waals surface area contributed by atoms with Gasteiger partial charge in [0.2, 0.25) is 0 Å². The Bertz CT molecular complexity index is 436. The Balaban J connectivity index is 2.96. The predicted molar refractivity (Wildman–Crippen MR) is 73.2 cm³/mol. The van der Waals surface area contributed by atoms with Crippen LogP contribution in [0.5, 0.6) is 0 Å². The highest BCUT2D eigenvalue weighted by molar-refractivity contribution is 5.95. The molecule has 0 saturated carbocycles. The molecule has 0 aliphatic rings. The van der Waals surface area contributed by atoms with Crippen LogP contribution in [-0.2, 0) is 4.74 Å². The minimum Gasteiger partial charge on any atom is -0.456 e. The Labute approximate surface area is 108 Å². The van der Waals surface area contributed by atoms with Crippen molar-refractivity contribution in [3.8, 4) is 0 Å². The molecule has 4 heteroatoms. The van der Waals surface area contributed by atoms with E-state index in [1.165, 1.54) is 0 Å². The summed E-state index contributed by atoms with van der Waals surface area (Å²) in [6.45, 7) is 7.47. The summed E-state index contributed by atoms with van der Waals surface area (Å²) in [6, 6.07) is 5.19. The minimum absolute atomic E-state index is 0.0556. The molecule has 0 amide bonds. The maximum atomic E-state index is 11.9. The van der Waals surface area contributed by atoms with E-state index in [-0.39, 0.29) is 6.04 Å². The van der Waals surface area contributed by atoms with Crippen LogP contribution in [-0.4, -0.2) is 11.6 Å². The Morgan fingerprint density at radius 1 is 1.39 bits per heavy atom. The third kappa shape index (κ3) is 3.74. The Hall–Kier alpha value is -1.55. The van der Waals surface area contributed by atoms with Crippen LogP contribution in [0.25, 0.3) is 0 Å². The fourth-order valence-corrected chi connectivity index (χ4v) is 1.57. The third-order valence-electron chi connectivity index (χ3n) is 2.56. The molecular formula is C14H22N2O2. The van der Waals surface area contributed by atoms with Crippen molar-refractivity contribution in [2.45, 2.75) is 45.8 Å². The first kappa shape index (κ1) is 14.5. The van der Waals surface area contributed by atoms with Crippen molar-refractivity contribution in [3.05, 3.63) is 29.3 Å². The van der Waals surface area contributed by atoms with Gasteiger partial charge in [0.25, 0.3) is 0 Å². The topological polar surface area (TPSA) is 78.3 Å². The quantitative estimate of drug-likeness (QED) is 0.638. The number of rotatable bonds is 3. The van der Waals surface area contributed by atoms with Crippen LogP contribution in [0, 0.1) is 0 Å². The summed E-state index contributed by atoms with van der Waals surface area (Å²) in [5.74, 6) is -0.406. The maximum Gasteiger partial charge on any atom is 0.340 e. The molecule has 1 aromatic carbocycles. The molecule has 0 aromatic heterocycles. The molecule has 1 atom stereocenters. The Kier molecular flexibility index (Phi) is 4.35.